The molecule has 3 nitrogen and oxygen atoms in total. The van der Waals surface area contributed by atoms with Crippen molar-refractivity contribution >= 4 is 30.3 Å². The highest BCUT2D eigenvalue weighted by atomic mass is 32.2. The van der Waals surface area contributed by atoms with Gasteiger partial charge in [0.05, 0.1) is 14.2 Å². The number of hydrogen-bond donors (Lipinski definition) is 1. The number of thioether (sulfide) groups is 1. The molecule has 2 aromatic rings. The van der Waals surface area contributed by atoms with Gasteiger partial charge in [-0.3, -0.25) is 0 Å². The first-order valence-electron chi connectivity index (χ1n) is 9.33. The summed E-state index contributed by atoms with van der Waals surface area (Å²) in [5.74, 6) is 2.97. The third-order valence-corrected chi connectivity index (χ3v) is 7.80. The van der Waals surface area contributed by atoms with Gasteiger partial charge in [-0.2, -0.15) is 11.8 Å². The summed E-state index contributed by atoms with van der Waals surface area (Å²) in [5, 5.41) is 6.29. The molecule has 0 aliphatic carbocycles. The molecule has 0 amide bonds. The average Bonchev–Trinajstić information content (AvgIpc) is 2.66. The molecule has 27 heavy (non-hydrogen) atoms. The van der Waals surface area contributed by atoms with Gasteiger partial charge in [0.1, 0.15) is 11.5 Å². The van der Waals surface area contributed by atoms with Crippen LogP contribution in [0.5, 0.6) is 11.5 Å². The van der Waals surface area contributed by atoms with Crippen molar-refractivity contribution in [3.63, 3.8) is 0 Å². The van der Waals surface area contributed by atoms with E-state index in [9.17, 15) is 0 Å². The van der Waals surface area contributed by atoms with Crippen molar-refractivity contribution in [1.82, 2.24) is 5.32 Å². The van der Waals surface area contributed by atoms with E-state index in [1.807, 2.05) is 23.9 Å². The van der Waals surface area contributed by atoms with E-state index in [2.05, 4.69) is 62.5 Å². The third kappa shape index (κ3) is 7.73. The number of benzene rings is 2. The van der Waals surface area contributed by atoms with Crippen molar-refractivity contribution in [2.75, 3.05) is 39.2 Å². The first kappa shape index (κ1) is 22.1. The highest BCUT2D eigenvalue weighted by Crippen LogP contribution is 2.35. The Morgan fingerprint density at radius 3 is 1.93 bits per heavy atom. The SMILES string of the molecule is COc1cccc(P(CCNCCSC(C)(C)C)c2cccc(OC)c2)c1. The smallest absolute Gasteiger partial charge is 0.119 e. The standard InChI is InChI=1S/C22H32NO2PS/c1-22(2,3)27-15-13-23-12-14-26(20-10-6-8-18(16-20)24-4)21-11-7-9-19(17-21)25-5/h6-11,16-17,23H,12-15H2,1-5H3. The van der Waals surface area contributed by atoms with Crippen LogP contribution in [0.2, 0.25) is 0 Å². The van der Waals surface area contributed by atoms with E-state index in [1.165, 1.54) is 10.6 Å². The summed E-state index contributed by atoms with van der Waals surface area (Å²) in [4.78, 5) is 0. The topological polar surface area (TPSA) is 30.5 Å². The third-order valence-electron chi connectivity index (χ3n) is 4.06. The van der Waals surface area contributed by atoms with Crippen molar-refractivity contribution in [3.05, 3.63) is 48.5 Å². The molecular weight excluding hydrogens is 373 g/mol. The number of rotatable bonds is 10. The molecule has 0 radical (unpaired) electrons. The maximum atomic E-state index is 5.44. The van der Waals surface area contributed by atoms with Crippen molar-refractivity contribution in [1.29, 1.82) is 0 Å². The highest BCUT2D eigenvalue weighted by Gasteiger charge is 2.15. The molecule has 0 aromatic heterocycles. The maximum absolute atomic E-state index is 5.44. The summed E-state index contributed by atoms with van der Waals surface area (Å²) in [5.41, 5.74) is 0. The molecule has 0 saturated heterocycles. The summed E-state index contributed by atoms with van der Waals surface area (Å²) >= 11 is 2.00. The minimum Gasteiger partial charge on any atom is -0.497 e. The molecule has 0 aliphatic heterocycles. The van der Waals surface area contributed by atoms with E-state index in [0.717, 1.165) is 36.5 Å². The quantitative estimate of drug-likeness (QED) is 0.473. The molecule has 0 fully saturated rings. The van der Waals surface area contributed by atoms with Crippen molar-refractivity contribution in [2.24, 2.45) is 0 Å². The second-order valence-corrected chi connectivity index (χ2v) is 11.5. The van der Waals surface area contributed by atoms with Gasteiger partial charge in [-0.1, -0.05) is 45.0 Å². The molecule has 0 unspecified atom stereocenters. The van der Waals surface area contributed by atoms with Gasteiger partial charge >= 0.3 is 0 Å². The molecule has 2 rings (SSSR count). The molecule has 2 aromatic carbocycles. The number of methoxy groups -OCH3 is 2. The fraction of sp³-hybridized carbons (Fsp3) is 0.455. The van der Waals surface area contributed by atoms with Gasteiger partial charge in [0.25, 0.3) is 0 Å². The molecule has 5 heteroatoms. The van der Waals surface area contributed by atoms with Gasteiger partial charge in [0.2, 0.25) is 0 Å². The molecule has 0 heterocycles. The Balaban J connectivity index is 2.06. The van der Waals surface area contributed by atoms with E-state index in [4.69, 9.17) is 9.47 Å². The lowest BCUT2D eigenvalue weighted by Gasteiger charge is -2.21. The number of hydrogen-bond acceptors (Lipinski definition) is 4. The summed E-state index contributed by atoms with van der Waals surface area (Å²) in [6.45, 7) is 8.85. The van der Waals surface area contributed by atoms with Crippen LogP contribution in [0.1, 0.15) is 20.8 Å². The van der Waals surface area contributed by atoms with Crippen LogP contribution in [0.15, 0.2) is 48.5 Å². The molecule has 0 atom stereocenters. The molecule has 148 valence electrons. The number of ether oxygens (including phenoxy) is 2. The fourth-order valence-electron chi connectivity index (χ4n) is 2.71. The molecule has 0 bridgehead atoms. The molecule has 0 spiro atoms. The summed E-state index contributed by atoms with van der Waals surface area (Å²) in [7, 11) is 2.98. The zero-order valence-corrected chi connectivity index (χ0v) is 18.8. The summed E-state index contributed by atoms with van der Waals surface area (Å²) < 4.78 is 11.2. The Bertz CT molecular complexity index is 655. The van der Waals surface area contributed by atoms with Crippen LogP contribution in [-0.2, 0) is 0 Å². The van der Waals surface area contributed by atoms with Gasteiger partial charge in [-0.15, -0.1) is 0 Å². The van der Waals surface area contributed by atoms with Crippen LogP contribution in [0.25, 0.3) is 0 Å². The Labute approximate surface area is 170 Å². The Morgan fingerprint density at radius 1 is 0.889 bits per heavy atom. The fourth-order valence-corrected chi connectivity index (χ4v) is 5.86. The van der Waals surface area contributed by atoms with Gasteiger partial charge < -0.3 is 14.8 Å². The first-order chi connectivity index (χ1) is 12.9. The van der Waals surface area contributed by atoms with Crippen LogP contribution < -0.4 is 25.4 Å². The first-order valence-corrected chi connectivity index (χ1v) is 11.8. The lowest BCUT2D eigenvalue weighted by molar-refractivity contribution is 0.415. The van der Waals surface area contributed by atoms with E-state index in [1.54, 1.807) is 14.2 Å². The van der Waals surface area contributed by atoms with E-state index in [0.29, 0.717) is 4.75 Å². The zero-order chi connectivity index (χ0) is 19.7. The minimum atomic E-state index is -0.467. The van der Waals surface area contributed by atoms with Crippen LogP contribution in [-0.4, -0.2) is 44.0 Å². The van der Waals surface area contributed by atoms with Crippen molar-refractivity contribution in [3.8, 4) is 11.5 Å². The lowest BCUT2D eigenvalue weighted by atomic mass is 10.3. The van der Waals surface area contributed by atoms with Crippen molar-refractivity contribution < 1.29 is 9.47 Å². The van der Waals surface area contributed by atoms with Crippen molar-refractivity contribution in [2.45, 2.75) is 25.5 Å². The van der Waals surface area contributed by atoms with E-state index >= 15 is 0 Å². The van der Waals surface area contributed by atoms with Gasteiger partial charge in [0, 0.05) is 17.0 Å². The predicted molar refractivity (Wildman–Crippen MR) is 122 cm³/mol. The Kier molecular flexibility index (Phi) is 8.95. The minimum absolute atomic E-state index is 0.329. The van der Waals surface area contributed by atoms with E-state index < -0.39 is 7.92 Å². The summed E-state index contributed by atoms with van der Waals surface area (Å²) in [6.07, 6.45) is 1.09. The molecule has 1 N–H and O–H groups in total. The maximum Gasteiger partial charge on any atom is 0.119 e. The normalized spacial score (nSPS) is 11.6. The zero-order valence-electron chi connectivity index (χ0n) is 17.1. The van der Waals surface area contributed by atoms with Gasteiger partial charge in [-0.05, 0) is 55.5 Å². The van der Waals surface area contributed by atoms with Crippen LogP contribution >= 0.6 is 19.7 Å². The summed E-state index contributed by atoms with van der Waals surface area (Å²) in [6, 6.07) is 16.9. The van der Waals surface area contributed by atoms with Crippen LogP contribution in [0.4, 0.5) is 0 Å². The molecule has 0 saturated carbocycles. The number of nitrogens with one attached hydrogen (secondary N) is 1. The second-order valence-electron chi connectivity index (χ2n) is 7.27. The van der Waals surface area contributed by atoms with Gasteiger partial charge in [0.15, 0.2) is 0 Å². The Morgan fingerprint density at radius 2 is 1.44 bits per heavy atom. The lowest BCUT2D eigenvalue weighted by Crippen LogP contribution is -2.25. The van der Waals surface area contributed by atoms with Crippen LogP contribution in [0.3, 0.4) is 0 Å². The average molecular weight is 406 g/mol. The second kappa shape index (κ2) is 10.9. The highest BCUT2D eigenvalue weighted by molar-refractivity contribution is 8.00. The van der Waals surface area contributed by atoms with E-state index in [-0.39, 0.29) is 0 Å². The molecular formula is C22H32NO2PS. The van der Waals surface area contributed by atoms with Crippen LogP contribution in [0, 0.1) is 0 Å². The van der Waals surface area contributed by atoms with Gasteiger partial charge in [-0.25, -0.2) is 0 Å². The monoisotopic (exact) mass is 405 g/mol. The molecule has 0 aliphatic rings. The predicted octanol–water partition coefficient (Wildman–Crippen LogP) is 4.26. The largest absolute Gasteiger partial charge is 0.497 e. The Hall–Kier alpha value is -1.22.